The summed E-state index contributed by atoms with van der Waals surface area (Å²) in [5.41, 5.74) is 25.2. The van der Waals surface area contributed by atoms with Gasteiger partial charge in [0.15, 0.2) is 17.3 Å². The number of rotatable bonds is 28. The summed E-state index contributed by atoms with van der Waals surface area (Å²) in [6.07, 6.45) is 6.29. The quantitative estimate of drug-likeness (QED) is 0.0662. The third-order valence-electron chi connectivity index (χ3n) is 11.8. The summed E-state index contributed by atoms with van der Waals surface area (Å²) in [7, 11) is 1.44. The summed E-state index contributed by atoms with van der Waals surface area (Å²) in [4.78, 5) is 96.9. The number of carbonyl (C=O) groups is 7. The van der Waals surface area contributed by atoms with Crippen molar-refractivity contribution >= 4 is 41.0 Å². The van der Waals surface area contributed by atoms with Gasteiger partial charge in [-0.25, -0.2) is 0 Å². The predicted molar refractivity (Wildman–Crippen MR) is 251 cm³/mol. The van der Waals surface area contributed by atoms with Gasteiger partial charge >= 0.3 is 0 Å². The number of unbranched alkanes of at least 4 members (excludes halogenated alkanes) is 6. The van der Waals surface area contributed by atoms with Gasteiger partial charge in [0.2, 0.25) is 23.6 Å². The van der Waals surface area contributed by atoms with Gasteiger partial charge in [0.1, 0.15) is 30.8 Å². The summed E-state index contributed by atoms with van der Waals surface area (Å²) in [6.45, 7) is 4.39. The molecule has 10 N–H and O–H groups in total. The molecular weight excluding hydrogens is 845 g/mol. The molecule has 0 aliphatic carbocycles. The van der Waals surface area contributed by atoms with Crippen LogP contribution in [0.3, 0.4) is 0 Å². The van der Waals surface area contributed by atoms with Gasteiger partial charge in [-0.15, -0.1) is 0 Å². The van der Waals surface area contributed by atoms with E-state index in [1.165, 1.54) is 18.4 Å². The standard InChI is InChI=1S/C49H72N8O9/c1-4-5-6-7-8-9-10-13-46(62)55-38(16-19-45(54)61)41(59)31-35(20-22-51)49(64)57(3)47-34-15-18-44(66-26-24-53)37(30-34)36-28-33(14-17-43(36)65-25-23-52)29-39(40(58)12-11-21-50)56-48(63)32(2)27-42(47)60/h14-15,17-18,28,30,32,35,38-39,47H,4-13,16,19-20,22-27,29,31,51-53H2,1-3H3,(H2,54,61)(H,55,62)(H,56,63)/t32-,35-,38+,39+,47+/m1/s1. The Bertz CT molecular complexity index is 2000. The minimum Gasteiger partial charge on any atom is -0.492 e. The lowest BCUT2D eigenvalue weighted by Crippen LogP contribution is -2.46. The average Bonchev–Trinajstić information content (AvgIpc) is 3.29. The normalized spacial score (nSPS) is 17.0. The molecule has 2 aromatic carbocycles. The second-order valence-corrected chi connectivity index (χ2v) is 17.1. The molecule has 0 fully saturated rings. The van der Waals surface area contributed by atoms with Gasteiger partial charge in [-0.05, 0) is 67.6 Å². The minimum absolute atomic E-state index is 0.0113. The van der Waals surface area contributed by atoms with Crippen LogP contribution in [0.2, 0.25) is 0 Å². The molecule has 0 spiro atoms. The van der Waals surface area contributed by atoms with Crippen molar-refractivity contribution in [2.75, 3.05) is 39.9 Å². The molecule has 0 unspecified atom stereocenters. The molecule has 2 aromatic rings. The Morgan fingerprint density at radius 1 is 0.848 bits per heavy atom. The van der Waals surface area contributed by atoms with Gasteiger partial charge in [0.25, 0.3) is 0 Å². The third kappa shape index (κ3) is 17.3. The molecule has 17 heteroatoms. The first-order valence-electron chi connectivity index (χ1n) is 23.4. The first kappa shape index (κ1) is 54.6. The van der Waals surface area contributed by atoms with Crippen molar-refractivity contribution in [3.05, 3.63) is 47.5 Å². The SMILES string of the molecule is CCCCCCCCCC(=O)N[C@@H](CCC(N)=O)C(=O)C[C@@H](CCN)C(=O)N(C)[C@@H]1C(=O)C[C@@H](C)C(=O)N[C@H](C(=O)CCC#N)Cc2ccc(OCCN)c(c2)-c2cc1ccc2OCCN. The molecule has 0 saturated heterocycles. The van der Waals surface area contributed by atoms with Crippen molar-refractivity contribution in [3.63, 3.8) is 0 Å². The molecule has 0 aromatic heterocycles. The first-order valence-corrected chi connectivity index (χ1v) is 23.4. The maximum absolute atomic E-state index is 14.7. The zero-order chi connectivity index (χ0) is 48.6. The van der Waals surface area contributed by atoms with E-state index in [4.69, 9.17) is 32.4 Å². The lowest BCUT2D eigenvalue weighted by Gasteiger charge is -2.32. The Balaban J connectivity index is 2.10. The molecule has 5 atom stereocenters. The topological polar surface area (TPSA) is 293 Å². The van der Waals surface area contributed by atoms with Crippen LogP contribution < -0.4 is 43.0 Å². The Kier molecular flexibility index (Phi) is 24.0. The highest BCUT2D eigenvalue weighted by atomic mass is 16.5. The molecule has 66 heavy (non-hydrogen) atoms. The van der Waals surface area contributed by atoms with E-state index in [1.54, 1.807) is 43.3 Å². The highest BCUT2D eigenvalue weighted by Crippen LogP contribution is 2.41. The number of carbonyl (C=O) groups excluding carboxylic acids is 7. The monoisotopic (exact) mass is 917 g/mol. The van der Waals surface area contributed by atoms with Crippen LogP contribution in [0.1, 0.15) is 127 Å². The van der Waals surface area contributed by atoms with Crippen molar-refractivity contribution < 1.29 is 43.0 Å². The maximum Gasteiger partial charge on any atom is 0.226 e. The van der Waals surface area contributed by atoms with Crippen LogP contribution >= 0.6 is 0 Å². The number of hydrogen-bond donors (Lipinski definition) is 6. The van der Waals surface area contributed by atoms with Gasteiger partial charge in [-0.2, -0.15) is 5.26 Å². The number of ketones is 3. The molecule has 4 bridgehead atoms. The lowest BCUT2D eigenvalue weighted by atomic mass is 9.88. The first-order chi connectivity index (χ1) is 31.7. The zero-order valence-electron chi connectivity index (χ0n) is 39.1. The smallest absolute Gasteiger partial charge is 0.226 e. The van der Waals surface area contributed by atoms with Crippen LogP contribution in [0.5, 0.6) is 11.5 Å². The Hall–Kier alpha value is -5.70. The Labute approximate surface area is 389 Å². The fourth-order valence-corrected chi connectivity index (χ4v) is 8.14. The highest BCUT2D eigenvalue weighted by molar-refractivity contribution is 5.97. The number of benzene rings is 2. The number of nitrogens with two attached hydrogens (primary N) is 4. The van der Waals surface area contributed by atoms with Crippen LogP contribution in [0, 0.1) is 23.2 Å². The largest absolute Gasteiger partial charge is 0.492 e. The Morgan fingerprint density at radius 2 is 1.48 bits per heavy atom. The van der Waals surface area contributed by atoms with Crippen LogP contribution in [0.15, 0.2) is 36.4 Å². The maximum atomic E-state index is 14.7. The fourth-order valence-electron chi connectivity index (χ4n) is 8.14. The van der Waals surface area contributed by atoms with Crippen molar-refractivity contribution in [3.8, 4) is 28.7 Å². The van der Waals surface area contributed by atoms with E-state index < -0.39 is 59.2 Å². The summed E-state index contributed by atoms with van der Waals surface area (Å²) in [5.74, 6) is -4.70. The van der Waals surface area contributed by atoms with E-state index in [2.05, 4.69) is 17.6 Å². The van der Waals surface area contributed by atoms with Crippen molar-refractivity contribution in [2.24, 2.45) is 34.8 Å². The fraction of sp³-hybridized carbons (Fsp3) is 0.592. The number of amides is 4. The minimum atomic E-state index is -1.30. The molecule has 0 radical (unpaired) electrons. The van der Waals surface area contributed by atoms with Crippen LogP contribution in [0.4, 0.5) is 0 Å². The lowest BCUT2D eigenvalue weighted by molar-refractivity contribution is -0.144. The second kappa shape index (κ2) is 29.0. The average molecular weight is 917 g/mol. The van der Waals surface area contributed by atoms with Crippen molar-refractivity contribution in [1.29, 1.82) is 5.26 Å². The molecular formula is C49H72N8O9. The summed E-state index contributed by atoms with van der Waals surface area (Å²) >= 11 is 0. The number of Topliss-reactive ketones (excluding diaryl/α,β-unsaturated/α-hetero) is 3. The van der Waals surface area contributed by atoms with E-state index >= 15 is 0 Å². The van der Waals surface area contributed by atoms with E-state index in [0.717, 1.165) is 32.1 Å². The van der Waals surface area contributed by atoms with Crippen molar-refractivity contribution in [2.45, 2.75) is 135 Å². The molecule has 362 valence electrons. The molecule has 1 aliphatic heterocycles. The number of likely N-dealkylation sites (N-methyl/N-ethyl adjacent to an activating group) is 1. The molecule has 1 aliphatic rings. The van der Waals surface area contributed by atoms with Gasteiger partial charge in [-0.3, -0.25) is 33.6 Å². The number of nitrogens with zero attached hydrogens (tertiary/aromatic N) is 2. The molecule has 4 amide bonds. The number of ether oxygens (including phenoxy) is 2. The van der Waals surface area contributed by atoms with E-state index in [0.29, 0.717) is 40.2 Å². The predicted octanol–water partition coefficient (Wildman–Crippen LogP) is 3.85. The van der Waals surface area contributed by atoms with Crippen molar-refractivity contribution in [1.82, 2.24) is 15.5 Å². The van der Waals surface area contributed by atoms with E-state index in [9.17, 15) is 38.8 Å². The Morgan fingerprint density at radius 3 is 2.11 bits per heavy atom. The summed E-state index contributed by atoms with van der Waals surface area (Å²) < 4.78 is 12.2. The van der Waals surface area contributed by atoms with Gasteiger partial charge < -0.3 is 47.9 Å². The highest BCUT2D eigenvalue weighted by Gasteiger charge is 2.37. The summed E-state index contributed by atoms with van der Waals surface area (Å²) in [5, 5.41) is 14.8. The summed E-state index contributed by atoms with van der Waals surface area (Å²) in [6, 6.07) is 8.86. The molecule has 3 rings (SSSR count). The van der Waals surface area contributed by atoms with E-state index in [1.807, 2.05) is 6.07 Å². The number of nitrogens with one attached hydrogen (secondary N) is 2. The van der Waals surface area contributed by atoms with E-state index in [-0.39, 0.29) is 102 Å². The number of primary amides is 1. The number of fused-ring (bicyclic) bond motifs is 5. The second-order valence-electron chi connectivity index (χ2n) is 17.1. The number of nitriles is 1. The molecule has 17 nitrogen and oxygen atoms in total. The molecule has 0 saturated carbocycles. The third-order valence-corrected chi connectivity index (χ3v) is 11.8. The van der Waals surface area contributed by atoms with Gasteiger partial charge in [0, 0.05) is 81.6 Å². The van der Waals surface area contributed by atoms with Crippen LogP contribution in [-0.2, 0) is 40.0 Å². The number of hydrogen-bond acceptors (Lipinski definition) is 13. The molecule has 1 heterocycles. The zero-order valence-corrected chi connectivity index (χ0v) is 39.1. The van der Waals surface area contributed by atoms with Gasteiger partial charge in [0.05, 0.1) is 18.2 Å². The van der Waals surface area contributed by atoms with Crippen LogP contribution in [0.25, 0.3) is 11.1 Å². The van der Waals surface area contributed by atoms with Crippen LogP contribution in [-0.4, -0.2) is 97.9 Å². The van der Waals surface area contributed by atoms with Gasteiger partial charge in [-0.1, -0.05) is 64.5 Å².